The number of benzene rings is 1. The number of ether oxygens (including phenoxy) is 1. The Kier molecular flexibility index (Phi) is 2.15. The van der Waals surface area contributed by atoms with Gasteiger partial charge in [0.25, 0.3) is 0 Å². The van der Waals surface area contributed by atoms with E-state index in [4.69, 9.17) is 4.74 Å². The van der Waals surface area contributed by atoms with Gasteiger partial charge in [0.05, 0.1) is 6.42 Å². The van der Waals surface area contributed by atoms with E-state index in [1.54, 1.807) is 12.1 Å². The second-order valence-electron chi connectivity index (χ2n) is 3.41. The molecular formula is C11H12O3. The Morgan fingerprint density at radius 3 is 3.07 bits per heavy atom. The van der Waals surface area contributed by atoms with Crippen LogP contribution in [0.2, 0.25) is 0 Å². The van der Waals surface area contributed by atoms with E-state index in [0.717, 1.165) is 17.5 Å². The van der Waals surface area contributed by atoms with Crippen LogP contribution in [0.3, 0.4) is 0 Å². The van der Waals surface area contributed by atoms with Crippen molar-refractivity contribution in [1.29, 1.82) is 0 Å². The normalized spacial score (nSPS) is 20.1. The van der Waals surface area contributed by atoms with Gasteiger partial charge in [-0.05, 0) is 18.1 Å². The summed E-state index contributed by atoms with van der Waals surface area (Å²) in [5.74, 6) is -0.0662. The molecule has 0 unspecified atom stereocenters. The van der Waals surface area contributed by atoms with Gasteiger partial charge in [-0.15, -0.1) is 0 Å². The van der Waals surface area contributed by atoms with Crippen molar-refractivity contribution in [3.05, 3.63) is 29.3 Å². The molecule has 1 aromatic rings. The SMILES string of the molecule is CC[C@H]1OC(=O)Cc2c(O)cccc21. The summed E-state index contributed by atoms with van der Waals surface area (Å²) in [5, 5.41) is 9.58. The predicted octanol–water partition coefficient (Wildman–Crippen LogP) is 1.94. The van der Waals surface area contributed by atoms with Crippen molar-refractivity contribution in [2.75, 3.05) is 0 Å². The molecule has 1 aliphatic heterocycles. The fraction of sp³-hybridized carbons (Fsp3) is 0.364. The average Bonchev–Trinajstić information content (AvgIpc) is 2.18. The number of hydrogen-bond acceptors (Lipinski definition) is 3. The van der Waals surface area contributed by atoms with Crippen molar-refractivity contribution in [3.63, 3.8) is 0 Å². The first-order valence-corrected chi connectivity index (χ1v) is 4.72. The lowest BCUT2D eigenvalue weighted by Crippen LogP contribution is -2.21. The van der Waals surface area contributed by atoms with Gasteiger partial charge >= 0.3 is 5.97 Å². The van der Waals surface area contributed by atoms with Crippen molar-refractivity contribution in [3.8, 4) is 5.75 Å². The molecule has 0 saturated heterocycles. The van der Waals surface area contributed by atoms with Crippen LogP contribution in [-0.2, 0) is 16.0 Å². The van der Waals surface area contributed by atoms with Crippen LogP contribution < -0.4 is 0 Å². The first kappa shape index (κ1) is 9.06. The molecule has 1 atom stereocenters. The van der Waals surface area contributed by atoms with E-state index >= 15 is 0 Å². The number of aromatic hydroxyl groups is 1. The molecule has 2 rings (SSSR count). The molecule has 3 nitrogen and oxygen atoms in total. The number of carbonyl (C=O) groups excluding carboxylic acids is 1. The molecule has 0 aliphatic carbocycles. The number of fused-ring (bicyclic) bond motifs is 1. The molecule has 0 amide bonds. The van der Waals surface area contributed by atoms with Gasteiger partial charge in [-0.1, -0.05) is 19.1 Å². The standard InChI is InChI=1S/C11H12O3/c1-2-10-7-4-3-5-9(12)8(7)6-11(13)14-10/h3-5,10,12H,2,6H2,1H3/t10-/m1/s1. The average molecular weight is 192 g/mol. The van der Waals surface area contributed by atoms with Crippen LogP contribution in [0.15, 0.2) is 18.2 Å². The summed E-state index contributed by atoms with van der Waals surface area (Å²) in [7, 11) is 0. The van der Waals surface area contributed by atoms with Crippen molar-refractivity contribution in [1.82, 2.24) is 0 Å². The maximum absolute atomic E-state index is 11.2. The van der Waals surface area contributed by atoms with Crippen molar-refractivity contribution in [2.45, 2.75) is 25.9 Å². The van der Waals surface area contributed by atoms with Crippen LogP contribution in [0.4, 0.5) is 0 Å². The summed E-state index contributed by atoms with van der Waals surface area (Å²) in [6.07, 6.45) is 0.721. The van der Waals surface area contributed by atoms with Crippen LogP contribution >= 0.6 is 0 Å². The van der Waals surface area contributed by atoms with Crippen molar-refractivity contribution < 1.29 is 14.6 Å². The topological polar surface area (TPSA) is 46.5 Å². The second kappa shape index (κ2) is 3.33. The van der Waals surface area contributed by atoms with E-state index in [-0.39, 0.29) is 24.2 Å². The third-order valence-corrected chi connectivity index (χ3v) is 2.50. The Morgan fingerprint density at radius 2 is 2.36 bits per heavy atom. The van der Waals surface area contributed by atoms with Crippen LogP contribution in [0, 0.1) is 0 Å². The van der Waals surface area contributed by atoms with Gasteiger partial charge < -0.3 is 9.84 Å². The predicted molar refractivity (Wildman–Crippen MR) is 50.9 cm³/mol. The second-order valence-corrected chi connectivity index (χ2v) is 3.41. The Hall–Kier alpha value is -1.51. The zero-order valence-electron chi connectivity index (χ0n) is 7.99. The van der Waals surface area contributed by atoms with E-state index in [1.165, 1.54) is 0 Å². The van der Waals surface area contributed by atoms with Gasteiger partial charge in [0.2, 0.25) is 0 Å². The maximum atomic E-state index is 11.2. The Labute approximate surface area is 82.3 Å². The lowest BCUT2D eigenvalue weighted by atomic mass is 9.95. The minimum Gasteiger partial charge on any atom is -0.508 e. The van der Waals surface area contributed by atoms with Gasteiger partial charge in [-0.2, -0.15) is 0 Å². The molecule has 1 aliphatic rings. The molecule has 0 fully saturated rings. The first-order valence-electron chi connectivity index (χ1n) is 4.72. The van der Waals surface area contributed by atoms with E-state index in [0.29, 0.717) is 0 Å². The van der Waals surface area contributed by atoms with Gasteiger partial charge in [0.15, 0.2) is 0 Å². The van der Waals surface area contributed by atoms with Gasteiger partial charge in [-0.25, -0.2) is 0 Å². The molecule has 1 N–H and O–H groups in total. The summed E-state index contributed by atoms with van der Waals surface area (Å²) >= 11 is 0. The number of carbonyl (C=O) groups is 1. The molecule has 0 radical (unpaired) electrons. The van der Waals surface area contributed by atoms with E-state index < -0.39 is 0 Å². The molecule has 1 aromatic carbocycles. The monoisotopic (exact) mass is 192 g/mol. The molecule has 1 heterocycles. The smallest absolute Gasteiger partial charge is 0.311 e. The molecule has 14 heavy (non-hydrogen) atoms. The molecule has 3 heteroatoms. The van der Waals surface area contributed by atoms with Gasteiger partial charge in [-0.3, -0.25) is 4.79 Å². The highest BCUT2D eigenvalue weighted by Crippen LogP contribution is 2.34. The largest absolute Gasteiger partial charge is 0.508 e. The fourth-order valence-corrected chi connectivity index (χ4v) is 1.80. The highest BCUT2D eigenvalue weighted by molar-refractivity contribution is 5.76. The summed E-state index contributed by atoms with van der Waals surface area (Å²) in [6, 6.07) is 5.27. The number of phenolic OH excluding ortho intramolecular Hbond substituents is 1. The summed E-state index contributed by atoms with van der Waals surface area (Å²) in [6.45, 7) is 1.96. The van der Waals surface area contributed by atoms with E-state index in [1.807, 2.05) is 13.0 Å². The highest BCUT2D eigenvalue weighted by Gasteiger charge is 2.26. The van der Waals surface area contributed by atoms with E-state index in [9.17, 15) is 9.90 Å². The lowest BCUT2D eigenvalue weighted by Gasteiger charge is -2.24. The molecule has 74 valence electrons. The highest BCUT2D eigenvalue weighted by atomic mass is 16.5. The van der Waals surface area contributed by atoms with Crippen LogP contribution in [0.5, 0.6) is 5.75 Å². The lowest BCUT2D eigenvalue weighted by molar-refractivity contribution is -0.150. The molecule has 0 aromatic heterocycles. The zero-order chi connectivity index (χ0) is 10.1. The van der Waals surface area contributed by atoms with Gasteiger partial charge in [0.1, 0.15) is 11.9 Å². The molecular weight excluding hydrogens is 180 g/mol. The number of phenols is 1. The van der Waals surface area contributed by atoms with Crippen molar-refractivity contribution >= 4 is 5.97 Å². The molecule has 0 saturated carbocycles. The third kappa shape index (κ3) is 1.35. The zero-order valence-corrected chi connectivity index (χ0v) is 7.99. The number of esters is 1. The summed E-state index contributed by atoms with van der Waals surface area (Å²) in [4.78, 5) is 11.2. The summed E-state index contributed by atoms with van der Waals surface area (Å²) in [5.41, 5.74) is 1.66. The van der Waals surface area contributed by atoms with Crippen LogP contribution in [0.1, 0.15) is 30.6 Å². The molecule has 0 bridgehead atoms. The Morgan fingerprint density at radius 1 is 1.57 bits per heavy atom. The van der Waals surface area contributed by atoms with Crippen LogP contribution in [-0.4, -0.2) is 11.1 Å². The Bertz CT molecular complexity index is 371. The van der Waals surface area contributed by atoms with Crippen LogP contribution in [0.25, 0.3) is 0 Å². The minimum absolute atomic E-state index is 0.179. The fourth-order valence-electron chi connectivity index (χ4n) is 1.80. The maximum Gasteiger partial charge on any atom is 0.311 e. The first-order chi connectivity index (χ1) is 6.72. The minimum atomic E-state index is -0.258. The van der Waals surface area contributed by atoms with Gasteiger partial charge in [0, 0.05) is 5.56 Å². The van der Waals surface area contributed by atoms with E-state index in [2.05, 4.69) is 0 Å². The number of hydrogen-bond donors (Lipinski definition) is 1. The molecule has 0 spiro atoms. The third-order valence-electron chi connectivity index (χ3n) is 2.50. The Balaban J connectivity index is 2.50. The number of rotatable bonds is 1. The quantitative estimate of drug-likeness (QED) is 0.692. The summed E-state index contributed by atoms with van der Waals surface area (Å²) < 4.78 is 5.17. The van der Waals surface area contributed by atoms with Crippen molar-refractivity contribution in [2.24, 2.45) is 0 Å². The number of cyclic esters (lactones) is 1.